The second kappa shape index (κ2) is 6.10. The highest BCUT2D eigenvalue weighted by Crippen LogP contribution is 2.17. The van der Waals surface area contributed by atoms with Crippen LogP contribution in [0.4, 0.5) is 8.78 Å². The molecule has 1 aliphatic rings. The minimum absolute atomic E-state index is 0.00274. The van der Waals surface area contributed by atoms with Crippen LogP contribution in [0.3, 0.4) is 0 Å². The Morgan fingerprint density at radius 3 is 2.32 bits per heavy atom. The molecule has 0 saturated heterocycles. The number of carbonyl (C=O) groups is 1. The highest BCUT2D eigenvalue weighted by Gasteiger charge is 2.20. The summed E-state index contributed by atoms with van der Waals surface area (Å²) in [7, 11) is 0. The predicted octanol–water partition coefficient (Wildman–Crippen LogP) is 1.89. The van der Waals surface area contributed by atoms with Gasteiger partial charge in [-0.25, -0.2) is 8.78 Å². The zero-order valence-electron chi connectivity index (χ0n) is 10.7. The predicted molar refractivity (Wildman–Crippen MR) is 68.4 cm³/mol. The lowest BCUT2D eigenvalue weighted by molar-refractivity contribution is -0.121. The second-order valence-corrected chi connectivity index (χ2v) is 5.13. The Hall–Kier alpha value is -1.49. The third-order valence-corrected chi connectivity index (χ3v) is 3.42. The summed E-state index contributed by atoms with van der Waals surface area (Å²) in [5, 5.41) is 2.89. The lowest BCUT2D eigenvalue weighted by Crippen LogP contribution is -2.41. The Morgan fingerprint density at radius 1 is 1.16 bits per heavy atom. The first-order valence-corrected chi connectivity index (χ1v) is 6.53. The standard InChI is InChI=1S/C14H18F2N2O/c15-10-5-9(6-11(16)8-10)7-14(19)18-13-3-1-12(17)2-4-13/h5-6,8,12-13H,1-4,7,17H2,(H,18,19)/t12-,13-. The van der Waals surface area contributed by atoms with Gasteiger partial charge < -0.3 is 11.1 Å². The van der Waals surface area contributed by atoms with Crippen LogP contribution in [0.5, 0.6) is 0 Å². The molecule has 0 heterocycles. The fourth-order valence-electron chi connectivity index (χ4n) is 2.44. The summed E-state index contributed by atoms with van der Waals surface area (Å²) in [6, 6.07) is 3.51. The number of nitrogens with two attached hydrogens (primary N) is 1. The summed E-state index contributed by atoms with van der Waals surface area (Å²) in [6.45, 7) is 0. The number of halogens is 2. The molecule has 1 aromatic rings. The van der Waals surface area contributed by atoms with E-state index < -0.39 is 11.6 Å². The van der Waals surface area contributed by atoms with Crippen LogP contribution < -0.4 is 11.1 Å². The van der Waals surface area contributed by atoms with Gasteiger partial charge in [0.05, 0.1) is 6.42 Å². The van der Waals surface area contributed by atoms with Crippen LogP contribution in [0.15, 0.2) is 18.2 Å². The van der Waals surface area contributed by atoms with Crippen molar-refractivity contribution in [2.75, 3.05) is 0 Å². The van der Waals surface area contributed by atoms with E-state index in [1.165, 1.54) is 12.1 Å². The van der Waals surface area contributed by atoms with Gasteiger partial charge in [0.2, 0.25) is 5.91 Å². The van der Waals surface area contributed by atoms with Gasteiger partial charge in [0, 0.05) is 18.2 Å². The van der Waals surface area contributed by atoms with Crippen molar-refractivity contribution in [1.29, 1.82) is 0 Å². The van der Waals surface area contributed by atoms with E-state index in [-0.39, 0.29) is 24.4 Å². The van der Waals surface area contributed by atoms with Crippen LogP contribution in [0.25, 0.3) is 0 Å². The van der Waals surface area contributed by atoms with Crippen molar-refractivity contribution >= 4 is 5.91 Å². The summed E-state index contributed by atoms with van der Waals surface area (Å²) in [5.41, 5.74) is 6.14. The van der Waals surface area contributed by atoms with Crippen LogP contribution in [0.1, 0.15) is 31.2 Å². The summed E-state index contributed by atoms with van der Waals surface area (Å²) in [4.78, 5) is 11.8. The molecule has 0 bridgehead atoms. The molecule has 1 aromatic carbocycles. The Balaban J connectivity index is 1.87. The number of hydrogen-bond acceptors (Lipinski definition) is 2. The van der Waals surface area contributed by atoms with Crippen molar-refractivity contribution in [2.24, 2.45) is 5.73 Å². The molecule has 1 amide bonds. The van der Waals surface area contributed by atoms with E-state index in [9.17, 15) is 13.6 Å². The van der Waals surface area contributed by atoms with E-state index >= 15 is 0 Å². The maximum Gasteiger partial charge on any atom is 0.224 e. The molecule has 3 N–H and O–H groups in total. The van der Waals surface area contributed by atoms with Crippen molar-refractivity contribution in [3.8, 4) is 0 Å². The summed E-state index contributed by atoms with van der Waals surface area (Å²) in [6.07, 6.45) is 3.53. The molecule has 0 spiro atoms. The molecule has 1 fully saturated rings. The minimum atomic E-state index is -0.661. The van der Waals surface area contributed by atoms with E-state index in [1.54, 1.807) is 0 Å². The highest BCUT2D eigenvalue weighted by atomic mass is 19.1. The number of amides is 1. The number of carbonyl (C=O) groups excluding carboxylic acids is 1. The van der Waals surface area contributed by atoms with Gasteiger partial charge in [-0.3, -0.25) is 4.79 Å². The largest absolute Gasteiger partial charge is 0.353 e. The van der Waals surface area contributed by atoms with E-state index in [1.807, 2.05) is 0 Å². The number of hydrogen-bond donors (Lipinski definition) is 2. The fourth-order valence-corrected chi connectivity index (χ4v) is 2.44. The van der Waals surface area contributed by atoms with Gasteiger partial charge in [-0.1, -0.05) is 0 Å². The lowest BCUT2D eigenvalue weighted by atomic mass is 9.91. The zero-order valence-corrected chi connectivity index (χ0v) is 10.7. The van der Waals surface area contributed by atoms with Gasteiger partial charge in [-0.2, -0.15) is 0 Å². The van der Waals surface area contributed by atoms with E-state index in [2.05, 4.69) is 5.32 Å². The number of nitrogens with one attached hydrogen (secondary N) is 1. The molecule has 0 atom stereocenters. The molecule has 19 heavy (non-hydrogen) atoms. The molecule has 2 rings (SSSR count). The van der Waals surface area contributed by atoms with Crippen molar-refractivity contribution in [3.05, 3.63) is 35.4 Å². The Morgan fingerprint density at radius 2 is 1.74 bits per heavy atom. The zero-order chi connectivity index (χ0) is 13.8. The van der Waals surface area contributed by atoms with E-state index in [0.29, 0.717) is 5.56 Å². The Labute approximate surface area is 111 Å². The third kappa shape index (κ3) is 4.28. The van der Waals surface area contributed by atoms with Gasteiger partial charge in [0.1, 0.15) is 11.6 Å². The molecule has 0 radical (unpaired) electrons. The fraction of sp³-hybridized carbons (Fsp3) is 0.500. The monoisotopic (exact) mass is 268 g/mol. The molecule has 0 unspecified atom stereocenters. The Kier molecular flexibility index (Phi) is 4.47. The quantitative estimate of drug-likeness (QED) is 0.879. The van der Waals surface area contributed by atoms with Crippen LogP contribution in [0.2, 0.25) is 0 Å². The first kappa shape index (κ1) is 13.9. The van der Waals surface area contributed by atoms with Gasteiger partial charge in [0.15, 0.2) is 0 Å². The van der Waals surface area contributed by atoms with Crippen LogP contribution in [0, 0.1) is 11.6 Å². The maximum absolute atomic E-state index is 13.0. The molecule has 1 aliphatic carbocycles. The van der Waals surface area contributed by atoms with Crippen LogP contribution in [-0.2, 0) is 11.2 Å². The van der Waals surface area contributed by atoms with E-state index in [4.69, 9.17) is 5.73 Å². The molecule has 1 saturated carbocycles. The van der Waals surface area contributed by atoms with Gasteiger partial charge in [-0.05, 0) is 43.4 Å². The molecular weight excluding hydrogens is 250 g/mol. The third-order valence-electron chi connectivity index (χ3n) is 3.42. The van der Waals surface area contributed by atoms with Crippen LogP contribution in [-0.4, -0.2) is 18.0 Å². The summed E-state index contributed by atoms with van der Waals surface area (Å²) >= 11 is 0. The summed E-state index contributed by atoms with van der Waals surface area (Å²) < 4.78 is 26.0. The Bertz CT molecular complexity index is 437. The number of rotatable bonds is 3. The van der Waals surface area contributed by atoms with Gasteiger partial charge in [-0.15, -0.1) is 0 Å². The molecule has 5 heteroatoms. The summed E-state index contributed by atoms with van der Waals surface area (Å²) in [5.74, 6) is -1.52. The first-order chi connectivity index (χ1) is 9.02. The molecule has 0 aromatic heterocycles. The maximum atomic E-state index is 13.0. The average Bonchev–Trinajstić information content (AvgIpc) is 2.30. The minimum Gasteiger partial charge on any atom is -0.353 e. The van der Waals surface area contributed by atoms with Gasteiger partial charge in [0.25, 0.3) is 0 Å². The van der Waals surface area contributed by atoms with Crippen LogP contribution >= 0.6 is 0 Å². The lowest BCUT2D eigenvalue weighted by Gasteiger charge is -2.26. The topological polar surface area (TPSA) is 55.1 Å². The SMILES string of the molecule is N[C@H]1CC[C@H](NC(=O)Cc2cc(F)cc(F)c2)CC1. The molecule has 0 aliphatic heterocycles. The highest BCUT2D eigenvalue weighted by molar-refractivity contribution is 5.78. The normalized spacial score (nSPS) is 23.1. The van der Waals surface area contributed by atoms with Crippen molar-refractivity contribution in [2.45, 2.75) is 44.2 Å². The van der Waals surface area contributed by atoms with Crippen molar-refractivity contribution < 1.29 is 13.6 Å². The first-order valence-electron chi connectivity index (χ1n) is 6.53. The molecule has 3 nitrogen and oxygen atoms in total. The van der Waals surface area contributed by atoms with E-state index in [0.717, 1.165) is 31.7 Å². The molecular formula is C14H18F2N2O. The number of benzene rings is 1. The smallest absolute Gasteiger partial charge is 0.224 e. The van der Waals surface area contributed by atoms with Crippen molar-refractivity contribution in [3.63, 3.8) is 0 Å². The van der Waals surface area contributed by atoms with Crippen molar-refractivity contribution in [1.82, 2.24) is 5.32 Å². The second-order valence-electron chi connectivity index (χ2n) is 5.13. The molecule has 104 valence electrons. The average molecular weight is 268 g/mol. The van der Waals surface area contributed by atoms with Gasteiger partial charge >= 0.3 is 0 Å².